The van der Waals surface area contributed by atoms with Gasteiger partial charge in [-0.1, -0.05) is 12.1 Å². The average Bonchev–Trinajstić information content (AvgIpc) is 2.18. The lowest BCUT2D eigenvalue weighted by molar-refractivity contribution is -0.385. The Kier molecular flexibility index (Phi) is 4.06. The fourth-order valence-electron chi connectivity index (χ4n) is 1.31. The third kappa shape index (κ3) is 4.39. The van der Waals surface area contributed by atoms with E-state index in [1.807, 2.05) is 0 Å². The van der Waals surface area contributed by atoms with Gasteiger partial charge in [-0.05, 0) is 12.5 Å². The van der Waals surface area contributed by atoms with Crippen LogP contribution in [0.15, 0.2) is 18.2 Å². The van der Waals surface area contributed by atoms with Crippen molar-refractivity contribution in [1.29, 1.82) is 0 Å². The molecule has 0 saturated heterocycles. The SMILES string of the molecule is Cc1ccc(CNCC(F)(F)F)cc1[N+](=O)[O-]. The molecule has 1 rings (SSSR count). The molecule has 4 nitrogen and oxygen atoms in total. The number of benzene rings is 1. The fourth-order valence-corrected chi connectivity index (χ4v) is 1.31. The first kappa shape index (κ1) is 13.4. The lowest BCUT2D eigenvalue weighted by atomic mass is 10.1. The second kappa shape index (κ2) is 5.13. The van der Waals surface area contributed by atoms with E-state index in [1.165, 1.54) is 12.1 Å². The van der Waals surface area contributed by atoms with E-state index in [9.17, 15) is 23.3 Å². The van der Waals surface area contributed by atoms with Gasteiger partial charge in [0.05, 0.1) is 11.5 Å². The molecule has 1 N–H and O–H groups in total. The predicted octanol–water partition coefficient (Wildman–Crippen LogP) is 2.56. The third-order valence-electron chi connectivity index (χ3n) is 2.12. The minimum absolute atomic E-state index is 0.0549. The number of hydrogen-bond acceptors (Lipinski definition) is 3. The molecule has 0 radical (unpaired) electrons. The fraction of sp³-hybridized carbons (Fsp3) is 0.400. The Bertz CT molecular complexity index is 419. The Balaban J connectivity index is 2.67. The van der Waals surface area contributed by atoms with Crippen molar-refractivity contribution in [1.82, 2.24) is 5.32 Å². The van der Waals surface area contributed by atoms with Crippen molar-refractivity contribution in [2.45, 2.75) is 19.6 Å². The van der Waals surface area contributed by atoms with Crippen LogP contribution in [0.25, 0.3) is 0 Å². The lowest BCUT2D eigenvalue weighted by Gasteiger charge is -2.08. The maximum absolute atomic E-state index is 11.9. The van der Waals surface area contributed by atoms with Crippen molar-refractivity contribution in [3.63, 3.8) is 0 Å². The van der Waals surface area contributed by atoms with Gasteiger partial charge < -0.3 is 5.32 Å². The smallest absolute Gasteiger partial charge is 0.305 e. The molecular weight excluding hydrogens is 237 g/mol. The second-order valence-electron chi connectivity index (χ2n) is 3.60. The Hall–Kier alpha value is -1.63. The highest BCUT2D eigenvalue weighted by Crippen LogP contribution is 2.19. The highest BCUT2D eigenvalue weighted by atomic mass is 19.4. The van der Waals surface area contributed by atoms with Gasteiger partial charge in [-0.25, -0.2) is 0 Å². The summed E-state index contributed by atoms with van der Waals surface area (Å²) in [5, 5.41) is 12.8. The van der Waals surface area contributed by atoms with Crippen LogP contribution in [-0.2, 0) is 6.54 Å². The molecule has 7 heteroatoms. The van der Waals surface area contributed by atoms with E-state index in [0.717, 1.165) is 0 Å². The number of nitro benzene ring substituents is 1. The molecule has 0 spiro atoms. The molecule has 1 aromatic rings. The van der Waals surface area contributed by atoms with E-state index in [0.29, 0.717) is 11.1 Å². The summed E-state index contributed by atoms with van der Waals surface area (Å²) in [5.74, 6) is 0. The maximum atomic E-state index is 11.9. The molecule has 0 saturated carbocycles. The summed E-state index contributed by atoms with van der Waals surface area (Å²) in [5.41, 5.74) is 0.845. The molecule has 1 aromatic carbocycles. The van der Waals surface area contributed by atoms with E-state index in [4.69, 9.17) is 0 Å². The molecule has 0 heterocycles. The zero-order chi connectivity index (χ0) is 13.1. The van der Waals surface area contributed by atoms with Crippen LogP contribution in [0.3, 0.4) is 0 Å². The quantitative estimate of drug-likeness (QED) is 0.658. The molecule has 0 bridgehead atoms. The first-order chi connectivity index (χ1) is 7.79. The van der Waals surface area contributed by atoms with Crippen molar-refractivity contribution in [2.24, 2.45) is 0 Å². The Labute approximate surface area is 95.6 Å². The molecule has 0 atom stereocenters. The van der Waals surface area contributed by atoms with Crippen LogP contribution in [0.4, 0.5) is 18.9 Å². The summed E-state index contributed by atoms with van der Waals surface area (Å²) >= 11 is 0. The van der Waals surface area contributed by atoms with Gasteiger partial charge in [0.2, 0.25) is 0 Å². The standard InChI is InChI=1S/C10H11F3N2O2/c1-7-2-3-8(4-9(7)15(16)17)5-14-6-10(11,12)13/h2-4,14H,5-6H2,1H3. The maximum Gasteiger partial charge on any atom is 0.401 e. The summed E-state index contributed by atoms with van der Waals surface area (Å²) in [6.45, 7) is 0.403. The molecular formula is C10H11F3N2O2. The Morgan fingerprint density at radius 2 is 2.06 bits per heavy atom. The zero-order valence-electron chi connectivity index (χ0n) is 9.04. The van der Waals surface area contributed by atoms with Gasteiger partial charge in [-0.2, -0.15) is 13.2 Å². The van der Waals surface area contributed by atoms with Crippen LogP contribution in [0.2, 0.25) is 0 Å². The topological polar surface area (TPSA) is 55.2 Å². The van der Waals surface area contributed by atoms with Crippen LogP contribution < -0.4 is 5.32 Å². The molecule has 0 aliphatic heterocycles. The lowest BCUT2D eigenvalue weighted by Crippen LogP contribution is -2.28. The first-order valence-corrected chi connectivity index (χ1v) is 4.81. The zero-order valence-corrected chi connectivity index (χ0v) is 9.04. The normalized spacial score (nSPS) is 11.5. The Morgan fingerprint density at radius 1 is 1.41 bits per heavy atom. The molecule has 0 aliphatic rings. The average molecular weight is 248 g/mol. The van der Waals surface area contributed by atoms with E-state index in [1.54, 1.807) is 13.0 Å². The third-order valence-corrected chi connectivity index (χ3v) is 2.12. The van der Waals surface area contributed by atoms with Crippen molar-refractivity contribution < 1.29 is 18.1 Å². The summed E-state index contributed by atoms with van der Waals surface area (Å²) in [7, 11) is 0. The largest absolute Gasteiger partial charge is 0.401 e. The number of alkyl halides is 3. The van der Waals surface area contributed by atoms with Gasteiger partial charge in [0, 0.05) is 18.2 Å². The second-order valence-corrected chi connectivity index (χ2v) is 3.60. The number of nitrogens with one attached hydrogen (secondary N) is 1. The highest BCUT2D eigenvalue weighted by Gasteiger charge is 2.26. The monoisotopic (exact) mass is 248 g/mol. The molecule has 0 fully saturated rings. The van der Waals surface area contributed by atoms with Crippen LogP contribution in [0.5, 0.6) is 0 Å². The van der Waals surface area contributed by atoms with Gasteiger partial charge >= 0.3 is 6.18 Å². The highest BCUT2D eigenvalue weighted by molar-refractivity contribution is 5.42. The Morgan fingerprint density at radius 3 is 2.59 bits per heavy atom. The van der Waals surface area contributed by atoms with Gasteiger partial charge in [-0.3, -0.25) is 10.1 Å². The van der Waals surface area contributed by atoms with Crippen molar-refractivity contribution in [2.75, 3.05) is 6.54 Å². The van der Waals surface area contributed by atoms with Gasteiger partial charge in [0.15, 0.2) is 0 Å². The van der Waals surface area contributed by atoms with Gasteiger partial charge in [0.1, 0.15) is 0 Å². The molecule has 0 unspecified atom stereocenters. The van der Waals surface area contributed by atoms with E-state index < -0.39 is 17.6 Å². The predicted molar refractivity (Wildman–Crippen MR) is 55.6 cm³/mol. The van der Waals surface area contributed by atoms with E-state index in [-0.39, 0.29) is 12.2 Å². The van der Waals surface area contributed by atoms with Crippen molar-refractivity contribution >= 4 is 5.69 Å². The number of hydrogen-bond donors (Lipinski definition) is 1. The van der Waals surface area contributed by atoms with Crippen LogP contribution in [0, 0.1) is 17.0 Å². The van der Waals surface area contributed by atoms with Crippen molar-refractivity contribution in [3.8, 4) is 0 Å². The van der Waals surface area contributed by atoms with Crippen molar-refractivity contribution in [3.05, 3.63) is 39.4 Å². The van der Waals surface area contributed by atoms with E-state index >= 15 is 0 Å². The van der Waals surface area contributed by atoms with Crippen LogP contribution in [-0.4, -0.2) is 17.6 Å². The van der Waals surface area contributed by atoms with Gasteiger partial charge in [-0.15, -0.1) is 0 Å². The summed E-state index contributed by atoms with van der Waals surface area (Å²) in [6.07, 6.45) is -4.28. The van der Waals surface area contributed by atoms with E-state index in [2.05, 4.69) is 5.32 Å². The van der Waals surface area contributed by atoms with Crippen LogP contribution in [0.1, 0.15) is 11.1 Å². The number of halogens is 3. The molecule has 94 valence electrons. The first-order valence-electron chi connectivity index (χ1n) is 4.81. The minimum Gasteiger partial charge on any atom is -0.305 e. The minimum atomic E-state index is -4.28. The number of rotatable bonds is 4. The number of nitro groups is 1. The summed E-state index contributed by atoms with van der Waals surface area (Å²) in [6, 6.07) is 4.35. The molecule has 0 aliphatic carbocycles. The molecule has 0 aromatic heterocycles. The summed E-state index contributed by atoms with van der Waals surface area (Å²) < 4.78 is 35.6. The number of aryl methyl sites for hydroxylation is 1. The number of nitrogens with zero attached hydrogens (tertiary/aromatic N) is 1. The summed E-state index contributed by atoms with van der Waals surface area (Å²) in [4.78, 5) is 10.1. The van der Waals surface area contributed by atoms with Gasteiger partial charge in [0.25, 0.3) is 5.69 Å². The molecule has 17 heavy (non-hydrogen) atoms. The molecule has 0 amide bonds. The van der Waals surface area contributed by atoms with Crippen LogP contribution >= 0.6 is 0 Å².